The molecule has 5 N–H and O–H groups in total. The van der Waals surface area contributed by atoms with Gasteiger partial charge in [-0.2, -0.15) is 5.10 Å². The number of carbonyl (C=O) groups is 3. The molecule has 2 aromatic rings. The maximum atomic E-state index is 12.4. The van der Waals surface area contributed by atoms with Gasteiger partial charge in [-0.15, -0.1) is 0 Å². The third-order valence-corrected chi connectivity index (χ3v) is 5.31. The molecule has 35 heavy (non-hydrogen) atoms. The molecule has 1 fully saturated rings. The largest absolute Gasteiger partial charge is 0.497 e. The van der Waals surface area contributed by atoms with Crippen molar-refractivity contribution in [1.29, 1.82) is 0 Å². The van der Waals surface area contributed by atoms with Gasteiger partial charge in [-0.1, -0.05) is 5.92 Å². The Labute approximate surface area is 203 Å². The Morgan fingerprint density at radius 3 is 2.51 bits per heavy atom. The molecule has 0 spiro atoms. The molecule has 1 atom stereocenters. The highest BCUT2D eigenvalue weighted by Crippen LogP contribution is 2.28. The number of primary amides is 1. The number of nitrogens with one attached hydrogen (secondary N) is 1. The second kappa shape index (κ2) is 9.97. The van der Waals surface area contributed by atoms with Gasteiger partial charge in [-0.3, -0.25) is 9.59 Å². The maximum Gasteiger partial charge on any atom is 0.410 e. The predicted octanol–water partition coefficient (Wildman–Crippen LogP) is 1.51. The lowest BCUT2D eigenvalue weighted by atomic mass is 10.1. The third kappa shape index (κ3) is 5.84. The van der Waals surface area contributed by atoms with Crippen LogP contribution in [0, 0.1) is 11.8 Å². The zero-order valence-corrected chi connectivity index (χ0v) is 20.5. The number of hydrogen-bond acceptors (Lipinski definition) is 7. The molecule has 1 aliphatic rings. The van der Waals surface area contributed by atoms with E-state index in [1.165, 1.54) is 18.8 Å². The second-order valence-electron chi connectivity index (χ2n) is 9.07. The van der Waals surface area contributed by atoms with E-state index < -0.39 is 17.6 Å². The van der Waals surface area contributed by atoms with Crippen molar-refractivity contribution in [1.82, 2.24) is 20.0 Å². The monoisotopic (exact) mass is 482 g/mol. The summed E-state index contributed by atoms with van der Waals surface area (Å²) < 4.78 is 12.2. The lowest BCUT2D eigenvalue weighted by molar-refractivity contribution is 0.0288. The van der Waals surface area contributed by atoms with E-state index in [0.29, 0.717) is 36.4 Å². The Bertz CT molecular complexity index is 1220. The van der Waals surface area contributed by atoms with E-state index in [2.05, 4.69) is 22.3 Å². The first-order valence-corrected chi connectivity index (χ1v) is 11.0. The number of ether oxygens (including phenoxy) is 2. The standard InChI is InChI=1S/C24H30N6O5/c1-24(2,3)35-23(33)29-9-8-16(13-29)30-20(25)19(21(26)31)18(28-30)7-6-14-10-15(22(32)27-4)12-17(11-14)34-5/h10-12,16H,8-9,13,25H2,1-5H3,(H2,26,31)(H,27,32)/t16-/m0/s1. The van der Waals surface area contributed by atoms with Gasteiger partial charge in [0.2, 0.25) is 0 Å². The molecule has 11 heteroatoms. The molecule has 3 amide bonds. The number of amides is 3. The van der Waals surface area contributed by atoms with Crippen LogP contribution < -0.4 is 21.5 Å². The van der Waals surface area contributed by atoms with Crippen LogP contribution in [0.2, 0.25) is 0 Å². The van der Waals surface area contributed by atoms with Gasteiger partial charge in [0.05, 0.1) is 13.2 Å². The zero-order valence-electron chi connectivity index (χ0n) is 20.5. The Morgan fingerprint density at radius 1 is 1.20 bits per heavy atom. The highest BCUT2D eigenvalue weighted by Gasteiger charge is 2.33. The average molecular weight is 483 g/mol. The first-order valence-electron chi connectivity index (χ1n) is 11.0. The minimum atomic E-state index is -0.767. The van der Waals surface area contributed by atoms with E-state index in [-0.39, 0.29) is 29.0 Å². The van der Waals surface area contributed by atoms with E-state index in [9.17, 15) is 14.4 Å². The van der Waals surface area contributed by atoms with Crippen molar-refractivity contribution in [3.05, 3.63) is 40.6 Å². The Balaban J connectivity index is 1.92. The number of hydrogen-bond donors (Lipinski definition) is 3. The third-order valence-electron chi connectivity index (χ3n) is 5.31. The zero-order chi connectivity index (χ0) is 25.9. The summed E-state index contributed by atoms with van der Waals surface area (Å²) >= 11 is 0. The van der Waals surface area contributed by atoms with Gasteiger partial charge in [0.15, 0.2) is 5.69 Å². The summed E-state index contributed by atoms with van der Waals surface area (Å²) in [5.41, 5.74) is 12.1. The Hall–Kier alpha value is -4.20. The van der Waals surface area contributed by atoms with E-state index in [1.807, 2.05) is 0 Å². The Kier molecular flexibility index (Phi) is 7.24. The lowest BCUT2D eigenvalue weighted by Crippen LogP contribution is -2.35. The molecule has 1 saturated heterocycles. The van der Waals surface area contributed by atoms with Crippen LogP contribution in [-0.4, -0.2) is 65.4 Å². The van der Waals surface area contributed by atoms with Gasteiger partial charge < -0.3 is 31.2 Å². The smallest absolute Gasteiger partial charge is 0.410 e. The number of nitrogens with two attached hydrogens (primary N) is 2. The van der Waals surface area contributed by atoms with Gasteiger partial charge >= 0.3 is 6.09 Å². The number of carbonyl (C=O) groups excluding carboxylic acids is 3. The number of rotatable bonds is 4. The minimum absolute atomic E-state index is 0.00244. The molecule has 1 aromatic heterocycles. The molecular weight excluding hydrogens is 452 g/mol. The van der Waals surface area contributed by atoms with Gasteiger partial charge in [0, 0.05) is 31.3 Å². The second-order valence-corrected chi connectivity index (χ2v) is 9.07. The SMILES string of the molecule is CNC(=O)c1cc(C#Cc2nn([C@H]3CCN(C(=O)OC(C)(C)C)C3)c(N)c2C(N)=O)cc(OC)c1. The summed E-state index contributed by atoms with van der Waals surface area (Å²) in [6, 6.07) is 4.56. The molecular formula is C24H30N6O5. The maximum absolute atomic E-state index is 12.4. The van der Waals surface area contributed by atoms with E-state index in [0.717, 1.165) is 0 Å². The summed E-state index contributed by atoms with van der Waals surface area (Å²) in [7, 11) is 3.00. The molecule has 1 aliphatic heterocycles. The van der Waals surface area contributed by atoms with Crippen LogP contribution in [0.3, 0.4) is 0 Å². The first-order chi connectivity index (χ1) is 16.4. The van der Waals surface area contributed by atoms with Crippen molar-refractivity contribution < 1.29 is 23.9 Å². The summed E-state index contributed by atoms with van der Waals surface area (Å²) in [5, 5.41) is 6.99. The quantitative estimate of drug-likeness (QED) is 0.558. The highest BCUT2D eigenvalue weighted by molar-refractivity contribution is 5.99. The van der Waals surface area contributed by atoms with Crippen LogP contribution in [0.25, 0.3) is 0 Å². The molecule has 1 aromatic carbocycles. The van der Waals surface area contributed by atoms with E-state index in [1.54, 1.807) is 43.9 Å². The molecule has 11 nitrogen and oxygen atoms in total. The van der Waals surface area contributed by atoms with Crippen LogP contribution in [0.15, 0.2) is 18.2 Å². The normalized spacial score (nSPS) is 15.2. The van der Waals surface area contributed by atoms with Crippen LogP contribution in [0.1, 0.15) is 65.2 Å². The molecule has 186 valence electrons. The van der Waals surface area contributed by atoms with Gasteiger partial charge in [0.25, 0.3) is 11.8 Å². The summed E-state index contributed by atoms with van der Waals surface area (Å²) in [5.74, 6) is 5.20. The van der Waals surface area contributed by atoms with E-state index in [4.69, 9.17) is 20.9 Å². The summed E-state index contributed by atoms with van der Waals surface area (Å²) in [6.07, 6.45) is 0.146. The molecule has 3 rings (SSSR count). The van der Waals surface area contributed by atoms with Crippen LogP contribution >= 0.6 is 0 Å². The lowest BCUT2D eigenvalue weighted by Gasteiger charge is -2.24. The molecule has 0 unspecified atom stereocenters. The fourth-order valence-corrected chi connectivity index (χ4v) is 3.69. The number of anilines is 1. The number of methoxy groups -OCH3 is 1. The van der Waals surface area contributed by atoms with E-state index >= 15 is 0 Å². The van der Waals surface area contributed by atoms with Crippen molar-refractivity contribution in [2.24, 2.45) is 5.73 Å². The number of nitrogens with zero attached hydrogens (tertiary/aromatic N) is 3. The number of likely N-dealkylation sites (tertiary alicyclic amines) is 1. The number of aromatic nitrogens is 2. The molecule has 0 saturated carbocycles. The van der Waals surface area contributed by atoms with Gasteiger partial charge in [0.1, 0.15) is 22.7 Å². The topological polar surface area (TPSA) is 155 Å². The van der Waals surface area contributed by atoms with Gasteiger partial charge in [-0.05, 0) is 51.3 Å². The number of nitrogen functional groups attached to an aromatic ring is 1. The Morgan fingerprint density at radius 2 is 1.91 bits per heavy atom. The van der Waals surface area contributed by atoms with Crippen molar-refractivity contribution in [2.45, 2.75) is 38.8 Å². The molecule has 0 bridgehead atoms. The van der Waals surface area contributed by atoms with Gasteiger partial charge in [-0.25, -0.2) is 9.48 Å². The molecule has 2 heterocycles. The average Bonchev–Trinajstić information content (AvgIpc) is 3.40. The number of benzene rings is 1. The van der Waals surface area contributed by atoms with Crippen molar-refractivity contribution in [3.8, 4) is 17.6 Å². The fourth-order valence-electron chi connectivity index (χ4n) is 3.69. The summed E-state index contributed by atoms with van der Waals surface area (Å²) in [6.45, 7) is 6.17. The fraction of sp³-hybridized carbons (Fsp3) is 0.417. The predicted molar refractivity (Wildman–Crippen MR) is 129 cm³/mol. The molecule has 0 radical (unpaired) electrons. The van der Waals surface area contributed by atoms with Crippen LogP contribution in [0.4, 0.5) is 10.6 Å². The minimum Gasteiger partial charge on any atom is -0.497 e. The van der Waals surface area contributed by atoms with Crippen molar-refractivity contribution >= 4 is 23.7 Å². The summed E-state index contributed by atoms with van der Waals surface area (Å²) in [4.78, 5) is 38.2. The van der Waals surface area contributed by atoms with Crippen molar-refractivity contribution in [3.63, 3.8) is 0 Å². The van der Waals surface area contributed by atoms with Crippen LogP contribution in [-0.2, 0) is 4.74 Å². The van der Waals surface area contributed by atoms with Crippen molar-refractivity contribution in [2.75, 3.05) is 33.0 Å². The molecule has 0 aliphatic carbocycles. The first kappa shape index (κ1) is 25.4. The highest BCUT2D eigenvalue weighted by atomic mass is 16.6. The van der Waals surface area contributed by atoms with Crippen LogP contribution in [0.5, 0.6) is 5.75 Å².